The highest BCUT2D eigenvalue weighted by atomic mass is 35.5. The fourth-order valence-corrected chi connectivity index (χ4v) is 3.98. The Morgan fingerprint density at radius 1 is 1.40 bits per heavy atom. The highest BCUT2D eigenvalue weighted by Gasteiger charge is 2.16. The normalized spacial score (nSPS) is 13.3. The van der Waals surface area contributed by atoms with Crippen LogP contribution in [0, 0.1) is 19.8 Å². The van der Waals surface area contributed by atoms with Crippen molar-refractivity contribution in [1.82, 2.24) is 15.3 Å². The first-order valence-corrected chi connectivity index (χ1v) is 9.78. The summed E-state index contributed by atoms with van der Waals surface area (Å²) in [5, 5.41) is 3.35. The maximum absolute atomic E-state index is 12.2. The number of rotatable bonds is 7. The zero-order chi connectivity index (χ0) is 17.9. The summed E-state index contributed by atoms with van der Waals surface area (Å²) in [5.74, 6) is 1.33. The van der Waals surface area contributed by atoms with Crippen LogP contribution in [0.2, 0.25) is 0 Å². The van der Waals surface area contributed by atoms with E-state index in [1.807, 2.05) is 27.7 Å². The Hall–Kier alpha value is -1.09. The van der Waals surface area contributed by atoms with E-state index in [0.29, 0.717) is 30.1 Å². The fourth-order valence-electron chi connectivity index (χ4n) is 2.15. The van der Waals surface area contributed by atoms with E-state index in [1.165, 1.54) is 23.1 Å². The summed E-state index contributed by atoms with van der Waals surface area (Å²) in [6.07, 6.45) is 0. The van der Waals surface area contributed by atoms with Gasteiger partial charge in [-0.1, -0.05) is 6.92 Å². The Kier molecular flexibility index (Phi) is 8.40. The van der Waals surface area contributed by atoms with Gasteiger partial charge in [-0.2, -0.15) is 0 Å². The van der Waals surface area contributed by atoms with Crippen molar-refractivity contribution in [3.8, 4) is 0 Å². The minimum absolute atomic E-state index is 0. The van der Waals surface area contributed by atoms with E-state index in [9.17, 15) is 9.59 Å². The van der Waals surface area contributed by atoms with Crippen LogP contribution in [-0.4, -0.2) is 34.2 Å². The van der Waals surface area contributed by atoms with Crippen molar-refractivity contribution in [1.29, 1.82) is 0 Å². The maximum Gasteiger partial charge on any atom is 0.259 e. The molecule has 6 nitrogen and oxygen atoms in total. The third-order valence-electron chi connectivity index (χ3n) is 3.95. The summed E-state index contributed by atoms with van der Waals surface area (Å²) >= 11 is 2.98. The summed E-state index contributed by atoms with van der Waals surface area (Å²) in [4.78, 5) is 33.5. The highest BCUT2D eigenvalue weighted by Crippen LogP contribution is 2.26. The predicted octanol–water partition coefficient (Wildman–Crippen LogP) is 2.36. The maximum atomic E-state index is 12.2. The molecule has 2 rings (SSSR count). The number of H-pyrrole nitrogens is 1. The van der Waals surface area contributed by atoms with Crippen molar-refractivity contribution in [3.63, 3.8) is 0 Å². The molecule has 0 aromatic carbocycles. The number of carbonyl (C=O) groups excluding carboxylic acids is 1. The molecule has 2 unspecified atom stereocenters. The van der Waals surface area contributed by atoms with E-state index in [-0.39, 0.29) is 35.0 Å². The molecule has 9 heteroatoms. The lowest BCUT2D eigenvalue weighted by Crippen LogP contribution is -2.36. The smallest absolute Gasteiger partial charge is 0.259 e. The number of amides is 1. The molecule has 1 amide bonds. The van der Waals surface area contributed by atoms with Gasteiger partial charge in [0, 0.05) is 11.4 Å². The Labute approximate surface area is 161 Å². The number of carbonyl (C=O) groups is 1. The van der Waals surface area contributed by atoms with E-state index >= 15 is 0 Å². The summed E-state index contributed by atoms with van der Waals surface area (Å²) in [6.45, 7) is 8.90. The van der Waals surface area contributed by atoms with Gasteiger partial charge in [0.15, 0.2) is 0 Å². The molecule has 0 saturated carbocycles. The van der Waals surface area contributed by atoms with E-state index in [4.69, 9.17) is 5.73 Å². The van der Waals surface area contributed by atoms with Crippen molar-refractivity contribution >= 4 is 51.6 Å². The second-order valence-corrected chi connectivity index (χ2v) is 8.55. The van der Waals surface area contributed by atoms with Gasteiger partial charge < -0.3 is 16.0 Å². The molecule has 0 bridgehead atoms. The Bertz CT molecular complexity index is 790. The van der Waals surface area contributed by atoms with Crippen LogP contribution in [0.15, 0.2) is 4.79 Å². The SMILES string of the molecule is Cc1sc2nc(CSC(C)C(=O)NCC(C)CN)[nH]c(=O)c2c1C.Cl. The monoisotopic (exact) mass is 404 g/mol. The lowest BCUT2D eigenvalue weighted by atomic mass is 10.2. The lowest BCUT2D eigenvalue weighted by Gasteiger charge is -2.14. The Balaban J connectivity index is 0.00000312. The summed E-state index contributed by atoms with van der Waals surface area (Å²) in [5.41, 5.74) is 6.43. The summed E-state index contributed by atoms with van der Waals surface area (Å²) in [7, 11) is 0. The predicted molar refractivity (Wildman–Crippen MR) is 109 cm³/mol. The van der Waals surface area contributed by atoms with Gasteiger partial charge in [-0.05, 0) is 38.8 Å². The van der Waals surface area contributed by atoms with Crippen molar-refractivity contribution < 1.29 is 4.79 Å². The van der Waals surface area contributed by atoms with E-state index < -0.39 is 0 Å². The Morgan fingerprint density at radius 2 is 2.08 bits per heavy atom. The second kappa shape index (κ2) is 9.56. The largest absolute Gasteiger partial charge is 0.355 e. The van der Waals surface area contributed by atoms with Gasteiger partial charge in [-0.3, -0.25) is 9.59 Å². The number of hydrogen-bond donors (Lipinski definition) is 3. The van der Waals surface area contributed by atoms with E-state index in [0.717, 1.165) is 15.3 Å². The first-order chi connectivity index (χ1) is 11.3. The molecule has 0 aliphatic heterocycles. The lowest BCUT2D eigenvalue weighted by molar-refractivity contribution is -0.120. The van der Waals surface area contributed by atoms with Gasteiger partial charge >= 0.3 is 0 Å². The van der Waals surface area contributed by atoms with Gasteiger partial charge in [0.05, 0.1) is 16.4 Å². The average Bonchev–Trinajstić information content (AvgIpc) is 2.84. The molecule has 0 radical (unpaired) electrons. The fraction of sp³-hybridized carbons (Fsp3) is 0.562. The molecule has 0 fully saturated rings. The molecule has 2 aromatic heterocycles. The molecule has 25 heavy (non-hydrogen) atoms. The first-order valence-electron chi connectivity index (χ1n) is 7.91. The van der Waals surface area contributed by atoms with Crippen molar-refractivity contribution in [2.75, 3.05) is 13.1 Å². The average molecular weight is 405 g/mol. The van der Waals surface area contributed by atoms with E-state index in [1.54, 1.807) is 0 Å². The van der Waals surface area contributed by atoms with Crippen LogP contribution in [0.3, 0.4) is 0 Å². The van der Waals surface area contributed by atoms with Gasteiger partial charge in [-0.15, -0.1) is 35.5 Å². The molecular formula is C16H25ClN4O2S2. The van der Waals surface area contributed by atoms with Crippen LogP contribution < -0.4 is 16.6 Å². The molecule has 140 valence electrons. The minimum Gasteiger partial charge on any atom is -0.355 e. The Morgan fingerprint density at radius 3 is 2.72 bits per heavy atom. The van der Waals surface area contributed by atoms with Crippen LogP contribution >= 0.6 is 35.5 Å². The molecule has 2 aromatic rings. The number of aryl methyl sites for hydroxylation is 2. The van der Waals surface area contributed by atoms with Gasteiger partial charge in [0.1, 0.15) is 10.7 Å². The quantitative estimate of drug-likeness (QED) is 0.657. The number of halogens is 1. The number of nitrogens with two attached hydrogens (primary N) is 1. The van der Waals surface area contributed by atoms with Crippen LogP contribution in [0.25, 0.3) is 10.2 Å². The minimum atomic E-state index is -0.220. The number of fused-ring (bicyclic) bond motifs is 1. The van der Waals surface area contributed by atoms with Crippen molar-refractivity contribution in [2.45, 2.75) is 38.7 Å². The van der Waals surface area contributed by atoms with Gasteiger partial charge in [-0.25, -0.2) is 4.98 Å². The standard InChI is InChI=1S/C16H24N4O2S2.ClH/c1-8(5-17)6-18-14(21)11(4)23-7-12-19-15(22)13-9(2)10(3)24-16(13)20-12;/h8,11H,5-7,17H2,1-4H3,(H,18,21)(H,19,20,22);1H. The van der Waals surface area contributed by atoms with E-state index in [2.05, 4.69) is 15.3 Å². The number of hydrogen-bond acceptors (Lipinski definition) is 6. The molecule has 0 aliphatic rings. The molecule has 0 saturated heterocycles. The van der Waals surface area contributed by atoms with Crippen LogP contribution in [-0.2, 0) is 10.5 Å². The zero-order valence-electron chi connectivity index (χ0n) is 14.8. The van der Waals surface area contributed by atoms with Crippen LogP contribution in [0.1, 0.15) is 30.1 Å². The molecule has 4 N–H and O–H groups in total. The molecule has 2 heterocycles. The topological polar surface area (TPSA) is 101 Å². The van der Waals surface area contributed by atoms with Crippen molar-refractivity contribution in [3.05, 3.63) is 26.6 Å². The molecule has 0 aliphatic carbocycles. The zero-order valence-corrected chi connectivity index (χ0v) is 17.3. The second-order valence-electron chi connectivity index (χ2n) is 6.02. The number of aromatic amines is 1. The molecular weight excluding hydrogens is 380 g/mol. The summed E-state index contributed by atoms with van der Waals surface area (Å²) in [6, 6.07) is 0. The van der Waals surface area contributed by atoms with Crippen LogP contribution in [0.4, 0.5) is 0 Å². The number of aromatic nitrogens is 2. The number of thioether (sulfide) groups is 1. The van der Waals surface area contributed by atoms with Gasteiger partial charge in [0.25, 0.3) is 5.56 Å². The van der Waals surface area contributed by atoms with Gasteiger partial charge in [0.2, 0.25) is 5.91 Å². The van der Waals surface area contributed by atoms with Crippen molar-refractivity contribution in [2.24, 2.45) is 11.7 Å². The molecule has 2 atom stereocenters. The summed E-state index contributed by atoms with van der Waals surface area (Å²) < 4.78 is 0. The highest BCUT2D eigenvalue weighted by molar-refractivity contribution is 7.99. The number of thiophene rings is 1. The number of nitrogens with one attached hydrogen (secondary N) is 2. The third kappa shape index (κ3) is 5.44. The first kappa shape index (κ1) is 22.0. The number of nitrogens with zero attached hydrogens (tertiary/aromatic N) is 1. The van der Waals surface area contributed by atoms with Crippen LogP contribution in [0.5, 0.6) is 0 Å². The third-order valence-corrected chi connectivity index (χ3v) is 6.21. The molecule has 0 spiro atoms.